The fraction of sp³-hybridized carbons (Fsp3) is 0.118. The molecule has 3 rings (SSSR count). The van der Waals surface area contributed by atoms with Crippen molar-refractivity contribution in [3.05, 3.63) is 60.1 Å². The standard InChI is InChI=1S/C17H16N4O3/c1-11-9-16(21-24-11)19-12-7-8-18-14(10-12)17(22)20-13-5-3-4-6-15(13)23-2/h3-10H,1-2H3,(H,20,22)(H,18,19,21). The average Bonchev–Trinajstić information content (AvgIpc) is 3.00. The van der Waals surface area contributed by atoms with E-state index in [9.17, 15) is 4.79 Å². The lowest BCUT2D eigenvalue weighted by Crippen LogP contribution is -2.14. The molecule has 2 N–H and O–H groups in total. The monoisotopic (exact) mass is 324 g/mol. The molecule has 0 spiro atoms. The third-order valence-electron chi connectivity index (χ3n) is 3.25. The van der Waals surface area contributed by atoms with Crippen LogP contribution in [0.15, 0.2) is 53.2 Å². The number of nitrogens with zero attached hydrogens (tertiary/aromatic N) is 2. The highest BCUT2D eigenvalue weighted by atomic mass is 16.5. The van der Waals surface area contributed by atoms with E-state index in [2.05, 4.69) is 20.8 Å². The number of anilines is 3. The summed E-state index contributed by atoms with van der Waals surface area (Å²) in [6, 6.07) is 12.3. The van der Waals surface area contributed by atoms with Crippen LogP contribution in [0.5, 0.6) is 5.75 Å². The summed E-state index contributed by atoms with van der Waals surface area (Å²) in [6.07, 6.45) is 1.55. The predicted molar refractivity (Wildman–Crippen MR) is 89.7 cm³/mol. The molecular weight excluding hydrogens is 308 g/mol. The lowest BCUT2D eigenvalue weighted by molar-refractivity contribution is 0.102. The number of benzene rings is 1. The highest BCUT2D eigenvalue weighted by molar-refractivity contribution is 6.04. The normalized spacial score (nSPS) is 10.2. The van der Waals surface area contributed by atoms with E-state index < -0.39 is 0 Å². The number of carbonyl (C=O) groups is 1. The van der Waals surface area contributed by atoms with Crippen molar-refractivity contribution in [3.63, 3.8) is 0 Å². The van der Waals surface area contributed by atoms with E-state index in [1.54, 1.807) is 50.6 Å². The number of aromatic nitrogens is 2. The molecule has 1 aromatic carbocycles. The number of nitrogens with one attached hydrogen (secondary N) is 2. The Balaban J connectivity index is 1.76. The molecule has 122 valence electrons. The first-order valence-corrected chi connectivity index (χ1v) is 7.26. The molecule has 1 amide bonds. The molecule has 0 fully saturated rings. The SMILES string of the molecule is COc1ccccc1NC(=O)c1cc(Nc2cc(C)on2)ccn1. The topological polar surface area (TPSA) is 89.3 Å². The van der Waals surface area contributed by atoms with Gasteiger partial charge in [-0.3, -0.25) is 9.78 Å². The van der Waals surface area contributed by atoms with Gasteiger partial charge in [-0.05, 0) is 31.2 Å². The van der Waals surface area contributed by atoms with Crippen LogP contribution in [0.25, 0.3) is 0 Å². The second-order valence-electron chi connectivity index (χ2n) is 5.03. The quantitative estimate of drug-likeness (QED) is 0.748. The third kappa shape index (κ3) is 3.52. The second kappa shape index (κ2) is 6.82. The van der Waals surface area contributed by atoms with Crippen molar-refractivity contribution >= 4 is 23.1 Å². The van der Waals surface area contributed by atoms with Crippen LogP contribution in [0.1, 0.15) is 16.2 Å². The van der Waals surface area contributed by atoms with Gasteiger partial charge in [-0.2, -0.15) is 0 Å². The highest BCUT2D eigenvalue weighted by Crippen LogP contribution is 2.24. The van der Waals surface area contributed by atoms with Crippen LogP contribution >= 0.6 is 0 Å². The number of aryl methyl sites for hydroxylation is 1. The summed E-state index contributed by atoms with van der Waals surface area (Å²) in [4.78, 5) is 16.5. The Labute approximate surface area is 138 Å². The molecule has 7 nitrogen and oxygen atoms in total. The molecule has 0 radical (unpaired) electrons. The van der Waals surface area contributed by atoms with Crippen molar-refractivity contribution in [1.82, 2.24) is 10.1 Å². The number of ether oxygens (including phenoxy) is 1. The van der Waals surface area contributed by atoms with Crippen LogP contribution < -0.4 is 15.4 Å². The third-order valence-corrected chi connectivity index (χ3v) is 3.25. The van der Waals surface area contributed by atoms with Crippen LogP contribution in [0.4, 0.5) is 17.2 Å². The minimum atomic E-state index is -0.334. The maximum absolute atomic E-state index is 12.4. The van der Waals surface area contributed by atoms with Crippen LogP contribution in [0.2, 0.25) is 0 Å². The molecule has 2 aromatic heterocycles. The van der Waals surface area contributed by atoms with E-state index in [0.717, 1.165) is 0 Å². The number of para-hydroxylation sites is 2. The molecule has 0 bridgehead atoms. The molecule has 0 aliphatic carbocycles. The van der Waals surface area contributed by atoms with Crippen molar-refractivity contribution < 1.29 is 14.1 Å². The van der Waals surface area contributed by atoms with Gasteiger partial charge in [-0.1, -0.05) is 17.3 Å². The molecule has 2 heterocycles. The van der Waals surface area contributed by atoms with Gasteiger partial charge in [0, 0.05) is 18.0 Å². The van der Waals surface area contributed by atoms with Crippen molar-refractivity contribution in [2.45, 2.75) is 6.92 Å². The molecule has 0 unspecified atom stereocenters. The zero-order valence-electron chi connectivity index (χ0n) is 13.2. The number of pyridine rings is 1. The number of hydrogen-bond donors (Lipinski definition) is 2. The minimum absolute atomic E-state index is 0.270. The molecular formula is C17H16N4O3. The maximum Gasteiger partial charge on any atom is 0.274 e. The highest BCUT2D eigenvalue weighted by Gasteiger charge is 2.11. The lowest BCUT2D eigenvalue weighted by atomic mass is 10.2. The maximum atomic E-state index is 12.4. The number of carbonyl (C=O) groups excluding carboxylic acids is 1. The van der Waals surface area contributed by atoms with Crippen molar-refractivity contribution in [3.8, 4) is 5.75 Å². The fourth-order valence-electron chi connectivity index (χ4n) is 2.14. The predicted octanol–water partition coefficient (Wildman–Crippen LogP) is 3.38. The van der Waals surface area contributed by atoms with Crippen LogP contribution in [0, 0.1) is 6.92 Å². The van der Waals surface area contributed by atoms with Gasteiger partial charge in [-0.15, -0.1) is 0 Å². The summed E-state index contributed by atoms with van der Waals surface area (Å²) in [5, 5.41) is 9.69. The Morgan fingerprint density at radius 1 is 1.21 bits per heavy atom. The molecule has 3 aromatic rings. The first-order valence-electron chi connectivity index (χ1n) is 7.26. The van der Waals surface area contributed by atoms with Gasteiger partial charge in [-0.25, -0.2) is 0 Å². The van der Waals surface area contributed by atoms with Gasteiger partial charge >= 0.3 is 0 Å². The van der Waals surface area contributed by atoms with Crippen LogP contribution in [0.3, 0.4) is 0 Å². The van der Waals surface area contributed by atoms with E-state index >= 15 is 0 Å². The second-order valence-corrected chi connectivity index (χ2v) is 5.03. The molecule has 0 atom stereocenters. The van der Waals surface area contributed by atoms with Gasteiger partial charge in [0.1, 0.15) is 17.2 Å². The van der Waals surface area contributed by atoms with Gasteiger partial charge in [0.15, 0.2) is 5.82 Å². The molecule has 0 aliphatic heterocycles. The summed E-state index contributed by atoms with van der Waals surface area (Å²) >= 11 is 0. The number of hydrogen-bond acceptors (Lipinski definition) is 6. The summed E-state index contributed by atoms with van der Waals surface area (Å²) in [5.74, 6) is 1.51. The Morgan fingerprint density at radius 3 is 2.79 bits per heavy atom. The lowest BCUT2D eigenvalue weighted by Gasteiger charge is -2.10. The smallest absolute Gasteiger partial charge is 0.274 e. The molecule has 24 heavy (non-hydrogen) atoms. The Hall–Kier alpha value is -3.35. The van der Waals surface area contributed by atoms with E-state index in [1.165, 1.54) is 0 Å². The Morgan fingerprint density at radius 2 is 2.04 bits per heavy atom. The van der Waals surface area contributed by atoms with Gasteiger partial charge in [0.25, 0.3) is 5.91 Å². The van der Waals surface area contributed by atoms with E-state index in [1.807, 2.05) is 12.1 Å². The summed E-state index contributed by atoms with van der Waals surface area (Å²) in [6.45, 7) is 1.80. The Bertz CT molecular complexity index is 860. The van der Waals surface area contributed by atoms with Crippen molar-refractivity contribution in [2.75, 3.05) is 17.7 Å². The average molecular weight is 324 g/mol. The minimum Gasteiger partial charge on any atom is -0.495 e. The van der Waals surface area contributed by atoms with Gasteiger partial charge in [0.2, 0.25) is 0 Å². The zero-order valence-corrected chi connectivity index (χ0v) is 13.2. The van der Waals surface area contributed by atoms with Crippen LogP contribution in [-0.4, -0.2) is 23.2 Å². The first-order chi connectivity index (χ1) is 11.7. The molecule has 7 heteroatoms. The summed E-state index contributed by atoms with van der Waals surface area (Å²) in [5.41, 5.74) is 1.53. The van der Waals surface area contributed by atoms with E-state index in [-0.39, 0.29) is 11.6 Å². The number of methoxy groups -OCH3 is 1. The summed E-state index contributed by atoms with van der Waals surface area (Å²) in [7, 11) is 1.55. The molecule has 0 saturated heterocycles. The fourth-order valence-corrected chi connectivity index (χ4v) is 2.14. The van der Waals surface area contributed by atoms with Crippen molar-refractivity contribution in [2.24, 2.45) is 0 Å². The largest absolute Gasteiger partial charge is 0.495 e. The first kappa shape index (κ1) is 15.5. The van der Waals surface area contributed by atoms with Crippen LogP contribution in [-0.2, 0) is 0 Å². The van der Waals surface area contributed by atoms with E-state index in [0.29, 0.717) is 28.7 Å². The van der Waals surface area contributed by atoms with Gasteiger partial charge in [0.05, 0.1) is 12.8 Å². The Kier molecular flexibility index (Phi) is 4.42. The van der Waals surface area contributed by atoms with Crippen molar-refractivity contribution in [1.29, 1.82) is 0 Å². The van der Waals surface area contributed by atoms with Gasteiger partial charge < -0.3 is 19.9 Å². The summed E-state index contributed by atoms with van der Waals surface area (Å²) < 4.78 is 10.2. The zero-order chi connectivity index (χ0) is 16.9. The number of amides is 1. The molecule has 0 saturated carbocycles. The molecule has 0 aliphatic rings. The van der Waals surface area contributed by atoms with E-state index in [4.69, 9.17) is 9.26 Å². The number of rotatable bonds is 5.